The standard InChI is InChI=1S/C20H24N2O3/c1-4-5-16-6-12-19(13-7-16)25-14-20(24)21-17-8-10-18(11-9-17)22(3)15(2)23/h6-13H,4-5,14H2,1-3H3,(H,21,24). The van der Waals surface area contributed by atoms with Crippen molar-refractivity contribution >= 4 is 23.2 Å². The van der Waals surface area contributed by atoms with Gasteiger partial charge in [-0.1, -0.05) is 25.5 Å². The van der Waals surface area contributed by atoms with Crippen LogP contribution in [0.5, 0.6) is 5.75 Å². The summed E-state index contributed by atoms with van der Waals surface area (Å²) in [5.41, 5.74) is 2.69. The Morgan fingerprint density at radius 2 is 1.68 bits per heavy atom. The number of hydrogen-bond donors (Lipinski definition) is 1. The Balaban J connectivity index is 1.84. The first kappa shape index (κ1) is 18.5. The lowest BCUT2D eigenvalue weighted by atomic mass is 10.1. The number of benzene rings is 2. The van der Waals surface area contributed by atoms with Crippen molar-refractivity contribution in [1.82, 2.24) is 0 Å². The number of anilines is 2. The molecule has 2 aromatic rings. The average molecular weight is 340 g/mol. The van der Waals surface area contributed by atoms with E-state index in [2.05, 4.69) is 12.2 Å². The highest BCUT2D eigenvalue weighted by Gasteiger charge is 2.07. The smallest absolute Gasteiger partial charge is 0.262 e. The molecule has 0 heterocycles. The topological polar surface area (TPSA) is 58.6 Å². The molecule has 0 bridgehead atoms. The first-order chi connectivity index (χ1) is 12.0. The van der Waals surface area contributed by atoms with Gasteiger partial charge in [0.1, 0.15) is 5.75 Å². The quantitative estimate of drug-likeness (QED) is 0.837. The van der Waals surface area contributed by atoms with Gasteiger partial charge in [0.25, 0.3) is 5.91 Å². The zero-order valence-electron chi connectivity index (χ0n) is 14.9. The number of hydrogen-bond acceptors (Lipinski definition) is 3. The lowest BCUT2D eigenvalue weighted by Gasteiger charge is -2.15. The highest BCUT2D eigenvalue weighted by Crippen LogP contribution is 2.17. The number of carbonyl (C=O) groups is 2. The summed E-state index contributed by atoms with van der Waals surface area (Å²) in [7, 11) is 1.70. The van der Waals surface area contributed by atoms with Gasteiger partial charge >= 0.3 is 0 Å². The fraction of sp³-hybridized carbons (Fsp3) is 0.300. The van der Waals surface area contributed by atoms with Crippen molar-refractivity contribution < 1.29 is 14.3 Å². The van der Waals surface area contributed by atoms with E-state index in [0.717, 1.165) is 18.5 Å². The molecule has 25 heavy (non-hydrogen) atoms. The molecule has 0 aliphatic rings. The number of aryl methyl sites for hydroxylation is 1. The third-order valence-corrected chi connectivity index (χ3v) is 3.84. The highest BCUT2D eigenvalue weighted by atomic mass is 16.5. The summed E-state index contributed by atoms with van der Waals surface area (Å²) >= 11 is 0. The Labute approximate surface area is 148 Å². The summed E-state index contributed by atoms with van der Waals surface area (Å²) in [5.74, 6) is 0.397. The van der Waals surface area contributed by atoms with Crippen LogP contribution in [0.25, 0.3) is 0 Å². The lowest BCUT2D eigenvalue weighted by Crippen LogP contribution is -2.23. The summed E-state index contributed by atoms with van der Waals surface area (Å²) in [6, 6.07) is 14.9. The molecule has 1 N–H and O–H groups in total. The van der Waals surface area contributed by atoms with Crippen LogP contribution < -0.4 is 15.0 Å². The van der Waals surface area contributed by atoms with Crippen LogP contribution in [0.15, 0.2) is 48.5 Å². The number of rotatable bonds is 7. The van der Waals surface area contributed by atoms with Crippen LogP contribution in [0.3, 0.4) is 0 Å². The number of nitrogens with zero attached hydrogens (tertiary/aromatic N) is 1. The minimum absolute atomic E-state index is 0.0462. The van der Waals surface area contributed by atoms with Crippen LogP contribution in [0, 0.1) is 0 Å². The van der Waals surface area contributed by atoms with Gasteiger partial charge in [-0.15, -0.1) is 0 Å². The number of carbonyl (C=O) groups excluding carboxylic acids is 2. The van der Waals surface area contributed by atoms with Crippen molar-refractivity contribution in [3.8, 4) is 5.75 Å². The van der Waals surface area contributed by atoms with Gasteiger partial charge in [0.2, 0.25) is 5.91 Å². The van der Waals surface area contributed by atoms with Crippen LogP contribution in [-0.4, -0.2) is 25.5 Å². The van der Waals surface area contributed by atoms with Crippen molar-refractivity contribution in [3.63, 3.8) is 0 Å². The number of nitrogens with one attached hydrogen (secondary N) is 1. The molecule has 5 nitrogen and oxygen atoms in total. The van der Waals surface area contributed by atoms with E-state index in [4.69, 9.17) is 4.74 Å². The summed E-state index contributed by atoms with van der Waals surface area (Å²) in [6.07, 6.45) is 2.14. The molecule has 2 aromatic carbocycles. The third kappa shape index (κ3) is 5.64. The van der Waals surface area contributed by atoms with Gasteiger partial charge in [0.05, 0.1) is 0 Å². The Hall–Kier alpha value is -2.82. The second kappa shape index (κ2) is 8.87. The molecule has 0 saturated carbocycles. The Bertz CT molecular complexity index is 709. The SMILES string of the molecule is CCCc1ccc(OCC(=O)Nc2ccc(N(C)C(C)=O)cc2)cc1. The van der Waals surface area contributed by atoms with Crippen molar-refractivity contribution in [1.29, 1.82) is 0 Å². The van der Waals surface area contributed by atoms with Crippen LogP contribution in [0.4, 0.5) is 11.4 Å². The van der Waals surface area contributed by atoms with E-state index < -0.39 is 0 Å². The monoisotopic (exact) mass is 340 g/mol. The van der Waals surface area contributed by atoms with Crippen molar-refractivity contribution in [2.45, 2.75) is 26.7 Å². The van der Waals surface area contributed by atoms with Gasteiger partial charge in [-0.05, 0) is 48.4 Å². The minimum atomic E-state index is -0.231. The Kier molecular flexibility index (Phi) is 6.57. The molecule has 0 saturated heterocycles. The number of ether oxygens (including phenoxy) is 1. The van der Waals surface area contributed by atoms with Gasteiger partial charge in [-0.3, -0.25) is 9.59 Å². The second-order valence-corrected chi connectivity index (χ2v) is 5.86. The fourth-order valence-corrected chi connectivity index (χ4v) is 2.34. The molecule has 0 aliphatic carbocycles. The maximum atomic E-state index is 12.0. The maximum absolute atomic E-state index is 12.0. The molecule has 0 spiro atoms. The van der Waals surface area contributed by atoms with Crippen molar-refractivity contribution in [2.75, 3.05) is 23.9 Å². The van der Waals surface area contributed by atoms with E-state index >= 15 is 0 Å². The zero-order valence-corrected chi connectivity index (χ0v) is 14.9. The molecule has 5 heteroatoms. The molecule has 0 fully saturated rings. The largest absolute Gasteiger partial charge is 0.484 e. The lowest BCUT2D eigenvalue weighted by molar-refractivity contribution is -0.118. The van der Waals surface area contributed by atoms with E-state index in [-0.39, 0.29) is 18.4 Å². The van der Waals surface area contributed by atoms with Gasteiger partial charge in [0, 0.05) is 25.3 Å². The van der Waals surface area contributed by atoms with E-state index in [1.54, 1.807) is 31.3 Å². The van der Waals surface area contributed by atoms with E-state index in [1.807, 2.05) is 24.3 Å². The summed E-state index contributed by atoms with van der Waals surface area (Å²) < 4.78 is 5.50. The third-order valence-electron chi connectivity index (χ3n) is 3.84. The molecule has 132 valence electrons. The summed E-state index contributed by atoms with van der Waals surface area (Å²) in [4.78, 5) is 24.8. The minimum Gasteiger partial charge on any atom is -0.484 e. The average Bonchev–Trinajstić information content (AvgIpc) is 2.61. The molecular weight excluding hydrogens is 316 g/mol. The Morgan fingerprint density at radius 3 is 2.24 bits per heavy atom. The zero-order chi connectivity index (χ0) is 18.2. The second-order valence-electron chi connectivity index (χ2n) is 5.86. The predicted molar refractivity (Wildman–Crippen MR) is 100 cm³/mol. The Morgan fingerprint density at radius 1 is 1.04 bits per heavy atom. The fourth-order valence-electron chi connectivity index (χ4n) is 2.34. The molecular formula is C20H24N2O3. The van der Waals surface area contributed by atoms with Gasteiger partial charge < -0.3 is 15.0 Å². The molecule has 0 radical (unpaired) electrons. The van der Waals surface area contributed by atoms with Gasteiger partial charge in [0.15, 0.2) is 6.61 Å². The van der Waals surface area contributed by atoms with Gasteiger partial charge in [-0.2, -0.15) is 0 Å². The van der Waals surface area contributed by atoms with E-state index in [0.29, 0.717) is 11.4 Å². The van der Waals surface area contributed by atoms with E-state index in [9.17, 15) is 9.59 Å². The van der Waals surface area contributed by atoms with Gasteiger partial charge in [-0.25, -0.2) is 0 Å². The summed E-state index contributed by atoms with van der Waals surface area (Å²) in [6.45, 7) is 3.59. The molecule has 0 atom stereocenters. The van der Waals surface area contributed by atoms with Crippen LogP contribution >= 0.6 is 0 Å². The predicted octanol–water partition coefficient (Wildman–Crippen LogP) is 3.64. The highest BCUT2D eigenvalue weighted by molar-refractivity contribution is 5.93. The molecule has 0 aromatic heterocycles. The van der Waals surface area contributed by atoms with Crippen molar-refractivity contribution in [2.24, 2.45) is 0 Å². The maximum Gasteiger partial charge on any atom is 0.262 e. The first-order valence-electron chi connectivity index (χ1n) is 8.35. The summed E-state index contributed by atoms with van der Waals surface area (Å²) in [5, 5.41) is 2.77. The van der Waals surface area contributed by atoms with Crippen LogP contribution in [0.2, 0.25) is 0 Å². The molecule has 2 rings (SSSR count). The van der Waals surface area contributed by atoms with Crippen LogP contribution in [-0.2, 0) is 16.0 Å². The van der Waals surface area contributed by atoms with Crippen molar-refractivity contribution in [3.05, 3.63) is 54.1 Å². The normalized spacial score (nSPS) is 10.2. The number of amides is 2. The molecule has 0 aliphatic heterocycles. The molecule has 0 unspecified atom stereocenters. The van der Waals surface area contributed by atoms with E-state index in [1.165, 1.54) is 17.4 Å². The first-order valence-corrected chi connectivity index (χ1v) is 8.35. The molecule has 2 amide bonds. The van der Waals surface area contributed by atoms with Crippen LogP contribution in [0.1, 0.15) is 25.8 Å².